The molecule has 0 bridgehead atoms. The number of aromatic nitrogens is 1. The molecule has 0 radical (unpaired) electrons. The van der Waals surface area contributed by atoms with E-state index in [-0.39, 0.29) is 5.82 Å². The van der Waals surface area contributed by atoms with Gasteiger partial charge in [0, 0.05) is 21.7 Å². The molecule has 2 heterocycles. The third-order valence-electron chi connectivity index (χ3n) is 3.67. The van der Waals surface area contributed by atoms with Crippen LogP contribution in [-0.4, -0.2) is 12.1 Å². The maximum absolute atomic E-state index is 13.2. The summed E-state index contributed by atoms with van der Waals surface area (Å²) in [6, 6.07) is 12.3. The molecule has 4 rings (SSSR count). The van der Waals surface area contributed by atoms with E-state index in [9.17, 15) is 4.39 Å². The lowest BCUT2D eigenvalue weighted by Gasteiger charge is -2.01. The van der Waals surface area contributed by atoms with Crippen LogP contribution < -0.4 is 10.1 Å². The first kappa shape index (κ1) is 14.7. The Bertz CT molecular complexity index is 992. The molecule has 0 saturated carbocycles. The number of fused-ring (bicyclic) bond motifs is 1. The predicted molar refractivity (Wildman–Crippen MR) is 93.6 cm³/mol. The summed E-state index contributed by atoms with van der Waals surface area (Å²) in [6.07, 6.45) is 1.53. The Hall–Kier alpha value is -2.86. The standard InChI is InChI=1S/C18H13FN2O2S/c1-22-14-5-2-11(3-6-14)16-10-24-18(20-16)21-17-15-7-4-13(19)8-12(15)9-23-17/h2-10H,1H3,(H,20,21). The molecule has 0 aliphatic heterocycles. The average molecular weight is 340 g/mol. The number of ether oxygens (including phenoxy) is 1. The third kappa shape index (κ3) is 2.72. The van der Waals surface area contributed by atoms with Crippen molar-refractivity contribution in [2.24, 2.45) is 0 Å². The van der Waals surface area contributed by atoms with E-state index >= 15 is 0 Å². The van der Waals surface area contributed by atoms with Gasteiger partial charge in [0.2, 0.25) is 5.88 Å². The van der Waals surface area contributed by atoms with Crippen molar-refractivity contribution in [3.8, 4) is 17.0 Å². The number of nitrogens with one attached hydrogen (secondary N) is 1. The molecule has 2 aromatic carbocycles. The van der Waals surface area contributed by atoms with Gasteiger partial charge in [-0.25, -0.2) is 9.37 Å². The van der Waals surface area contributed by atoms with E-state index < -0.39 is 0 Å². The fourth-order valence-corrected chi connectivity index (χ4v) is 3.16. The molecule has 2 aromatic heterocycles. The normalized spacial score (nSPS) is 10.9. The maximum atomic E-state index is 13.2. The summed E-state index contributed by atoms with van der Waals surface area (Å²) in [5.74, 6) is 1.08. The molecular weight excluding hydrogens is 327 g/mol. The molecule has 120 valence electrons. The van der Waals surface area contributed by atoms with Gasteiger partial charge in [-0.2, -0.15) is 0 Å². The van der Waals surface area contributed by atoms with Gasteiger partial charge in [-0.1, -0.05) is 0 Å². The average Bonchev–Trinajstić information content (AvgIpc) is 3.22. The maximum Gasteiger partial charge on any atom is 0.206 e. The van der Waals surface area contributed by atoms with Crippen LogP contribution in [0, 0.1) is 5.82 Å². The zero-order chi connectivity index (χ0) is 16.5. The highest BCUT2D eigenvalue weighted by atomic mass is 32.1. The van der Waals surface area contributed by atoms with E-state index in [1.807, 2.05) is 29.6 Å². The minimum absolute atomic E-state index is 0.286. The number of anilines is 2. The number of methoxy groups -OCH3 is 1. The zero-order valence-corrected chi connectivity index (χ0v) is 13.6. The summed E-state index contributed by atoms with van der Waals surface area (Å²) in [5, 5.41) is 7.36. The summed E-state index contributed by atoms with van der Waals surface area (Å²) in [6.45, 7) is 0. The number of hydrogen-bond acceptors (Lipinski definition) is 5. The summed E-state index contributed by atoms with van der Waals surface area (Å²) in [5.41, 5.74) is 1.87. The third-order valence-corrected chi connectivity index (χ3v) is 4.43. The van der Waals surface area contributed by atoms with Crippen molar-refractivity contribution in [1.29, 1.82) is 0 Å². The molecule has 0 spiro atoms. The summed E-state index contributed by atoms with van der Waals surface area (Å²) in [7, 11) is 1.64. The van der Waals surface area contributed by atoms with Gasteiger partial charge in [0.15, 0.2) is 5.13 Å². The molecular formula is C18H13FN2O2S. The second-order valence-electron chi connectivity index (χ2n) is 5.19. The van der Waals surface area contributed by atoms with Crippen molar-refractivity contribution in [1.82, 2.24) is 4.98 Å². The fraction of sp³-hybridized carbons (Fsp3) is 0.0556. The Morgan fingerprint density at radius 2 is 2.00 bits per heavy atom. The van der Waals surface area contributed by atoms with Crippen LogP contribution in [0.2, 0.25) is 0 Å². The molecule has 0 unspecified atom stereocenters. The highest BCUT2D eigenvalue weighted by Gasteiger charge is 2.10. The van der Waals surface area contributed by atoms with Crippen molar-refractivity contribution in [3.63, 3.8) is 0 Å². The number of thiazole rings is 1. The zero-order valence-electron chi connectivity index (χ0n) is 12.7. The lowest BCUT2D eigenvalue weighted by molar-refractivity contribution is 0.415. The SMILES string of the molecule is COc1ccc(-c2csc(Nc3occ4cc(F)ccc34)n2)cc1. The van der Waals surface area contributed by atoms with Gasteiger partial charge >= 0.3 is 0 Å². The summed E-state index contributed by atoms with van der Waals surface area (Å²) in [4.78, 5) is 4.57. The van der Waals surface area contributed by atoms with Gasteiger partial charge in [-0.05, 0) is 42.5 Å². The van der Waals surface area contributed by atoms with Gasteiger partial charge < -0.3 is 14.5 Å². The van der Waals surface area contributed by atoms with Gasteiger partial charge in [-0.3, -0.25) is 0 Å². The van der Waals surface area contributed by atoms with E-state index in [4.69, 9.17) is 9.15 Å². The van der Waals surface area contributed by atoms with E-state index in [0.29, 0.717) is 16.4 Å². The topological polar surface area (TPSA) is 47.3 Å². The first-order valence-electron chi connectivity index (χ1n) is 7.26. The van der Waals surface area contributed by atoms with Crippen molar-refractivity contribution < 1.29 is 13.5 Å². The quantitative estimate of drug-likeness (QED) is 0.537. The Kier molecular flexibility index (Phi) is 3.66. The fourth-order valence-electron chi connectivity index (χ4n) is 2.44. The predicted octanol–water partition coefficient (Wildman–Crippen LogP) is 5.45. The molecule has 6 heteroatoms. The van der Waals surface area contributed by atoms with Crippen molar-refractivity contribution in [3.05, 3.63) is 59.9 Å². The van der Waals surface area contributed by atoms with Gasteiger partial charge in [0.1, 0.15) is 17.8 Å². The summed E-state index contributed by atoms with van der Waals surface area (Å²) >= 11 is 1.48. The molecule has 4 nitrogen and oxygen atoms in total. The minimum atomic E-state index is -0.286. The van der Waals surface area contributed by atoms with E-state index in [0.717, 1.165) is 22.4 Å². The summed E-state index contributed by atoms with van der Waals surface area (Å²) < 4.78 is 23.9. The van der Waals surface area contributed by atoms with E-state index in [2.05, 4.69) is 10.3 Å². The number of benzene rings is 2. The molecule has 0 saturated heterocycles. The molecule has 0 aliphatic carbocycles. The van der Waals surface area contributed by atoms with Crippen LogP contribution in [-0.2, 0) is 0 Å². The van der Waals surface area contributed by atoms with Gasteiger partial charge in [0.25, 0.3) is 0 Å². The molecule has 1 N–H and O–H groups in total. The first-order valence-corrected chi connectivity index (χ1v) is 8.14. The van der Waals surface area contributed by atoms with Crippen LogP contribution in [0.15, 0.2) is 58.5 Å². The highest BCUT2D eigenvalue weighted by Crippen LogP contribution is 2.32. The molecule has 0 fully saturated rings. The Labute approximate surface area is 141 Å². The van der Waals surface area contributed by atoms with E-state index in [1.54, 1.807) is 13.2 Å². The van der Waals surface area contributed by atoms with Crippen LogP contribution in [0.3, 0.4) is 0 Å². The number of nitrogens with zero attached hydrogens (tertiary/aromatic N) is 1. The van der Waals surface area contributed by atoms with Gasteiger partial charge in [0.05, 0.1) is 12.8 Å². The molecule has 0 atom stereocenters. The van der Waals surface area contributed by atoms with Crippen LogP contribution in [0.5, 0.6) is 5.75 Å². The highest BCUT2D eigenvalue weighted by molar-refractivity contribution is 7.14. The van der Waals surface area contributed by atoms with Crippen molar-refractivity contribution in [2.75, 3.05) is 12.4 Å². The minimum Gasteiger partial charge on any atom is -0.497 e. The number of halogens is 1. The monoisotopic (exact) mass is 340 g/mol. The van der Waals surface area contributed by atoms with Crippen LogP contribution in [0.25, 0.3) is 22.0 Å². The van der Waals surface area contributed by atoms with Crippen molar-refractivity contribution in [2.45, 2.75) is 0 Å². The number of hydrogen-bond donors (Lipinski definition) is 1. The number of furan rings is 1. The van der Waals surface area contributed by atoms with E-state index in [1.165, 1.54) is 29.7 Å². The molecule has 0 aliphatic rings. The largest absolute Gasteiger partial charge is 0.497 e. The molecule has 0 amide bonds. The second kappa shape index (κ2) is 5.98. The Morgan fingerprint density at radius 1 is 1.17 bits per heavy atom. The lowest BCUT2D eigenvalue weighted by Crippen LogP contribution is -1.88. The second-order valence-corrected chi connectivity index (χ2v) is 6.05. The first-order chi connectivity index (χ1) is 11.7. The van der Waals surface area contributed by atoms with Crippen LogP contribution in [0.4, 0.5) is 15.4 Å². The van der Waals surface area contributed by atoms with Crippen LogP contribution >= 0.6 is 11.3 Å². The number of rotatable bonds is 4. The van der Waals surface area contributed by atoms with Crippen LogP contribution in [0.1, 0.15) is 0 Å². The smallest absolute Gasteiger partial charge is 0.206 e. The van der Waals surface area contributed by atoms with Crippen molar-refractivity contribution >= 4 is 33.1 Å². The lowest BCUT2D eigenvalue weighted by atomic mass is 10.2. The Morgan fingerprint density at radius 3 is 2.79 bits per heavy atom. The molecule has 24 heavy (non-hydrogen) atoms. The molecule has 4 aromatic rings. The van der Waals surface area contributed by atoms with Gasteiger partial charge in [-0.15, -0.1) is 11.3 Å². The Balaban J connectivity index is 1.60.